The van der Waals surface area contributed by atoms with Crippen molar-refractivity contribution in [3.05, 3.63) is 12.7 Å². The van der Waals surface area contributed by atoms with E-state index in [4.69, 9.17) is 4.55 Å². The molecule has 0 fully saturated rings. The smallest absolute Gasteiger partial charge is 0.265 e. The Bertz CT molecular complexity index is 377. The minimum absolute atomic E-state index is 0.188. The number of rotatable bonds is 9. The first-order valence-electron chi connectivity index (χ1n) is 5.84. The van der Waals surface area contributed by atoms with E-state index in [9.17, 15) is 13.2 Å². The molecule has 0 saturated heterocycles. The van der Waals surface area contributed by atoms with Crippen LogP contribution in [0.25, 0.3) is 0 Å². The van der Waals surface area contributed by atoms with E-state index in [-0.39, 0.29) is 11.7 Å². The average Bonchev–Trinajstić information content (AvgIpc) is 2.21. The minimum atomic E-state index is -3.86. The summed E-state index contributed by atoms with van der Waals surface area (Å²) in [5.74, 6) is -0.395. The van der Waals surface area contributed by atoms with Gasteiger partial charge in [-0.25, -0.2) is 0 Å². The van der Waals surface area contributed by atoms with E-state index in [0.29, 0.717) is 24.0 Å². The van der Waals surface area contributed by atoms with E-state index in [2.05, 4.69) is 11.9 Å². The zero-order valence-electron chi connectivity index (χ0n) is 11.1. The third-order valence-electron chi connectivity index (χ3n) is 2.59. The maximum absolute atomic E-state index is 10.9. The van der Waals surface area contributed by atoms with Crippen LogP contribution in [0.2, 0.25) is 0 Å². The average molecular weight is 279 g/mol. The van der Waals surface area contributed by atoms with Gasteiger partial charge in [0.05, 0.1) is 32.9 Å². The predicted octanol–water partition coefficient (Wildman–Crippen LogP) is 0.0330. The van der Waals surface area contributed by atoms with Gasteiger partial charge in [-0.05, 0) is 6.08 Å². The lowest BCUT2D eigenvalue weighted by Gasteiger charge is -2.29. The Kier molecular flexibility index (Phi) is 7.12. The highest BCUT2D eigenvalue weighted by atomic mass is 32.2. The lowest BCUT2D eigenvalue weighted by Crippen LogP contribution is -2.43. The molecule has 106 valence electrons. The Morgan fingerprint density at radius 1 is 1.33 bits per heavy atom. The van der Waals surface area contributed by atoms with Crippen LogP contribution in [0, 0.1) is 0 Å². The van der Waals surface area contributed by atoms with Crippen molar-refractivity contribution in [1.29, 1.82) is 0 Å². The maximum atomic E-state index is 10.9. The van der Waals surface area contributed by atoms with E-state index < -0.39 is 10.1 Å². The van der Waals surface area contributed by atoms with Gasteiger partial charge in [0, 0.05) is 19.4 Å². The van der Waals surface area contributed by atoms with Crippen LogP contribution in [0.4, 0.5) is 0 Å². The highest BCUT2D eigenvalue weighted by Crippen LogP contribution is 2.02. The first kappa shape index (κ1) is 17.1. The SMILES string of the molecule is C=CC(=O)NCCC[N+](C)(C)CCCS(=O)(=O)O. The highest BCUT2D eigenvalue weighted by molar-refractivity contribution is 7.85. The fourth-order valence-corrected chi connectivity index (χ4v) is 2.07. The summed E-state index contributed by atoms with van der Waals surface area (Å²) < 4.78 is 30.4. The monoisotopic (exact) mass is 279 g/mol. The van der Waals surface area contributed by atoms with Crippen LogP contribution in [0.3, 0.4) is 0 Å². The first-order chi connectivity index (χ1) is 8.16. The highest BCUT2D eigenvalue weighted by Gasteiger charge is 2.16. The maximum Gasteiger partial charge on any atom is 0.265 e. The minimum Gasteiger partial charge on any atom is -0.352 e. The Morgan fingerprint density at radius 3 is 2.39 bits per heavy atom. The standard InChI is InChI=1S/C11H22N2O4S/c1-4-11(14)12-7-5-8-13(2,3)9-6-10-18(15,16)17/h4H,1,5-10H2,2-3H3,(H-,12,14,15,16,17)/p+1. The van der Waals surface area contributed by atoms with Gasteiger partial charge in [0.1, 0.15) is 0 Å². The molecule has 2 N–H and O–H groups in total. The summed E-state index contributed by atoms with van der Waals surface area (Å²) in [7, 11) is 0.106. The van der Waals surface area contributed by atoms with Crippen LogP contribution in [-0.4, -0.2) is 62.8 Å². The third-order valence-corrected chi connectivity index (χ3v) is 3.40. The van der Waals surface area contributed by atoms with Crippen molar-refractivity contribution < 1.29 is 22.2 Å². The van der Waals surface area contributed by atoms with Gasteiger partial charge in [-0.15, -0.1) is 0 Å². The number of amides is 1. The molecular weight excluding hydrogens is 256 g/mol. The second kappa shape index (κ2) is 7.50. The molecule has 7 heteroatoms. The molecule has 18 heavy (non-hydrogen) atoms. The Balaban J connectivity index is 3.80. The predicted molar refractivity (Wildman–Crippen MR) is 70.7 cm³/mol. The summed E-state index contributed by atoms with van der Waals surface area (Å²) in [6.07, 6.45) is 2.45. The summed E-state index contributed by atoms with van der Waals surface area (Å²) in [5.41, 5.74) is 0. The van der Waals surface area contributed by atoms with Gasteiger partial charge >= 0.3 is 0 Å². The molecule has 0 aliphatic rings. The summed E-state index contributed by atoms with van der Waals surface area (Å²) in [6.45, 7) is 5.41. The Labute approximate surface area is 109 Å². The molecule has 0 aliphatic carbocycles. The molecule has 0 aromatic heterocycles. The Morgan fingerprint density at radius 2 is 1.89 bits per heavy atom. The summed E-state index contributed by atoms with van der Waals surface area (Å²) in [6, 6.07) is 0. The molecule has 0 aromatic rings. The molecule has 0 radical (unpaired) electrons. The number of nitrogens with one attached hydrogen (secondary N) is 1. The Hall–Kier alpha value is -0.920. The van der Waals surface area contributed by atoms with E-state index >= 15 is 0 Å². The van der Waals surface area contributed by atoms with Gasteiger partial charge < -0.3 is 9.80 Å². The van der Waals surface area contributed by atoms with Gasteiger partial charge in [-0.2, -0.15) is 8.42 Å². The van der Waals surface area contributed by atoms with Crippen LogP contribution in [0.15, 0.2) is 12.7 Å². The molecule has 0 bridgehead atoms. The molecule has 0 heterocycles. The fraction of sp³-hybridized carbons (Fsp3) is 0.727. The molecule has 0 atom stereocenters. The van der Waals surface area contributed by atoms with Crippen LogP contribution < -0.4 is 5.32 Å². The molecule has 1 amide bonds. The fourth-order valence-electron chi connectivity index (χ4n) is 1.58. The molecule has 0 spiro atoms. The summed E-state index contributed by atoms with van der Waals surface area (Å²) in [4.78, 5) is 10.9. The topological polar surface area (TPSA) is 83.5 Å². The van der Waals surface area contributed by atoms with Crippen molar-refractivity contribution in [3.8, 4) is 0 Å². The van der Waals surface area contributed by atoms with Crippen molar-refractivity contribution in [2.45, 2.75) is 12.8 Å². The van der Waals surface area contributed by atoms with Gasteiger partial charge in [-0.3, -0.25) is 9.35 Å². The van der Waals surface area contributed by atoms with Crippen molar-refractivity contribution in [2.24, 2.45) is 0 Å². The molecule has 0 saturated carbocycles. The largest absolute Gasteiger partial charge is 0.352 e. The molecule has 0 aliphatic heterocycles. The number of nitrogens with zero attached hydrogens (tertiary/aromatic N) is 1. The lowest BCUT2D eigenvalue weighted by molar-refractivity contribution is -0.890. The van der Waals surface area contributed by atoms with Crippen molar-refractivity contribution in [1.82, 2.24) is 5.32 Å². The molecule has 6 nitrogen and oxygen atoms in total. The first-order valence-corrected chi connectivity index (χ1v) is 7.45. The third kappa shape index (κ3) is 10.2. The van der Waals surface area contributed by atoms with Gasteiger partial charge in [0.25, 0.3) is 10.1 Å². The number of carbonyl (C=O) groups excluding carboxylic acids is 1. The van der Waals surface area contributed by atoms with Crippen LogP contribution in [0.5, 0.6) is 0 Å². The van der Waals surface area contributed by atoms with E-state index in [1.54, 1.807) is 0 Å². The summed E-state index contributed by atoms with van der Waals surface area (Å²) >= 11 is 0. The number of hydrogen-bond acceptors (Lipinski definition) is 3. The van der Waals surface area contributed by atoms with Crippen molar-refractivity contribution >= 4 is 16.0 Å². The van der Waals surface area contributed by atoms with E-state index in [1.165, 1.54) is 6.08 Å². The quantitative estimate of drug-likeness (QED) is 0.270. The zero-order valence-corrected chi connectivity index (χ0v) is 11.9. The second-order valence-corrected chi connectivity index (χ2v) is 6.44. The molecule has 0 unspecified atom stereocenters. The zero-order chi connectivity index (χ0) is 14.2. The molecule has 0 aromatic carbocycles. The number of quaternary nitrogens is 1. The van der Waals surface area contributed by atoms with Gasteiger partial charge in [0.15, 0.2) is 0 Å². The second-order valence-electron chi connectivity index (χ2n) is 4.87. The lowest BCUT2D eigenvalue weighted by atomic mass is 10.3. The van der Waals surface area contributed by atoms with E-state index in [1.807, 2.05) is 14.1 Å². The molecule has 0 rings (SSSR count). The number of hydrogen-bond donors (Lipinski definition) is 2. The van der Waals surface area contributed by atoms with E-state index in [0.717, 1.165) is 13.0 Å². The van der Waals surface area contributed by atoms with Crippen LogP contribution >= 0.6 is 0 Å². The summed E-state index contributed by atoms with van der Waals surface area (Å²) in [5, 5.41) is 2.68. The molecular formula is C11H23N2O4S+. The van der Waals surface area contributed by atoms with Crippen molar-refractivity contribution in [2.75, 3.05) is 39.5 Å². The number of carbonyl (C=O) groups is 1. The van der Waals surface area contributed by atoms with Gasteiger partial charge in [0.2, 0.25) is 5.91 Å². The van der Waals surface area contributed by atoms with Crippen LogP contribution in [0.1, 0.15) is 12.8 Å². The van der Waals surface area contributed by atoms with Crippen molar-refractivity contribution in [3.63, 3.8) is 0 Å². The van der Waals surface area contributed by atoms with Gasteiger partial charge in [-0.1, -0.05) is 6.58 Å². The van der Waals surface area contributed by atoms with Crippen LogP contribution in [-0.2, 0) is 14.9 Å². The normalized spacial score (nSPS) is 12.2.